The van der Waals surface area contributed by atoms with E-state index in [4.69, 9.17) is 26.4 Å². The first-order chi connectivity index (χ1) is 13.7. The second-order valence-corrected chi connectivity index (χ2v) is 6.10. The van der Waals surface area contributed by atoms with E-state index in [1.807, 2.05) is 56.3 Å². The van der Waals surface area contributed by atoms with Gasteiger partial charge < -0.3 is 14.2 Å². The van der Waals surface area contributed by atoms with Crippen LogP contribution in [-0.2, 0) is 0 Å². The molecule has 3 aromatic rings. The SMILES string of the molecule is CCOc1cccc(-c2n[nH]c(=S)n2/N=C\c2ccc(OCC)c(OC)c2)c1. The third-order valence-corrected chi connectivity index (χ3v) is 4.13. The molecule has 0 radical (unpaired) electrons. The van der Waals surface area contributed by atoms with E-state index in [0.717, 1.165) is 16.9 Å². The molecule has 1 heterocycles. The minimum absolute atomic E-state index is 0.394. The van der Waals surface area contributed by atoms with Crippen LogP contribution in [0.15, 0.2) is 47.6 Å². The highest BCUT2D eigenvalue weighted by Crippen LogP contribution is 2.27. The summed E-state index contributed by atoms with van der Waals surface area (Å²) in [6, 6.07) is 13.2. The number of aromatic amines is 1. The lowest BCUT2D eigenvalue weighted by atomic mass is 10.2. The van der Waals surface area contributed by atoms with E-state index in [1.165, 1.54) is 0 Å². The highest BCUT2D eigenvalue weighted by Gasteiger charge is 2.10. The minimum Gasteiger partial charge on any atom is -0.494 e. The standard InChI is InChI=1S/C20H22N4O3S/c1-4-26-16-8-6-7-15(12-16)19-22-23-20(28)24(19)21-13-14-9-10-17(27-5-2)18(11-14)25-3/h6-13H,4-5H2,1-3H3,(H,23,28)/b21-13-. The molecule has 0 saturated carbocycles. The van der Waals surface area contributed by atoms with E-state index in [0.29, 0.717) is 35.3 Å². The summed E-state index contributed by atoms with van der Waals surface area (Å²) in [6.07, 6.45) is 1.69. The quantitative estimate of drug-likeness (QED) is 0.452. The molecule has 0 spiro atoms. The maximum absolute atomic E-state index is 5.56. The lowest BCUT2D eigenvalue weighted by molar-refractivity contribution is 0.311. The van der Waals surface area contributed by atoms with Gasteiger partial charge in [0, 0.05) is 5.56 Å². The number of hydrogen-bond donors (Lipinski definition) is 1. The molecule has 0 bridgehead atoms. The zero-order chi connectivity index (χ0) is 19.9. The van der Waals surface area contributed by atoms with Crippen LogP contribution >= 0.6 is 12.2 Å². The Morgan fingerprint density at radius 3 is 2.68 bits per heavy atom. The number of nitrogens with zero attached hydrogens (tertiary/aromatic N) is 3. The van der Waals surface area contributed by atoms with Gasteiger partial charge in [-0.3, -0.25) is 0 Å². The fourth-order valence-electron chi connectivity index (χ4n) is 2.64. The second kappa shape index (κ2) is 9.18. The Bertz CT molecular complexity index is 1030. The molecule has 0 unspecified atom stereocenters. The van der Waals surface area contributed by atoms with Gasteiger partial charge in [0.25, 0.3) is 0 Å². The van der Waals surface area contributed by atoms with Crippen LogP contribution in [0.1, 0.15) is 19.4 Å². The summed E-state index contributed by atoms with van der Waals surface area (Å²) in [7, 11) is 1.61. The Balaban J connectivity index is 1.93. The first kappa shape index (κ1) is 19.6. The molecule has 0 aliphatic heterocycles. The molecule has 0 saturated heterocycles. The fourth-order valence-corrected chi connectivity index (χ4v) is 2.82. The summed E-state index contributed by atoms with van der Waals surface area (Å²) in [6.45, 7) is 5.03. The highest BCUT2D eigenvalue weighted by molar-refractivity contribution is 7.71. The molecular weight excluding hydrogens is 376 g/mol. The zero-order valence-corrected chi connectivity index (χ0v) is 16.8. The van der Waals surface area contributed by atoms with Crippen LogP contribution in [0.2, 0.25) is 0 Å². The summed E-state index contributed by atoms with van der Waals surface area (Å²) >= 11 is 5.33. The number of rotatable bonds is 8. The van der Waals surface area contributed by atoms with Gasteiger partial charge in [-0.25, -0.2) is 5.10 Å². The Labute approximate surface area is 168 Å². The van der Waals surface area contributed by atoms with Crippen molar-refractivity contribution in [3.8, 4) is 28.6 Å². The van der Waals surface area contributed by atoms with Crippen LogP contribution in [0.5, 0.6) is 17.2 Å². The zero-order valence-electron chi connectivity index (χ0n) is 16.0. The van der Waals surface area contributed by atoms with E-state index < -0.39 is 0 Å². The Kier molecular flexibility index (Phi) is 6.44. The van der Waals surface area contributed by atoms with Crippen LogP contribution in [0.4, 0.5) is 0 Å². The lowest BCUT2D eigenvalue weighted by Gasteiger charge is -2.09. The van der Waals surface area contributed by atoms with Gasteiger partial charge in [-0.05, 0) is 62.0 Å². The Morgan fingerprint density at radius 1 is 1.11 bits per heavy atom. The van der Waals surface area contributed by atoms with E-state index >= 15 is 0 Å². The van der Waals surface area contributed by atoms with Gasteiger partial charge in [-0.1, -0.05) is 12.1 Å². The third-order valence-electron chi connectivity index (χ3n) is 3.86. The largest absolute Gasteiger partial charge is 0.494 e. The van der Waals surface area contributed by atoms with Crippen LogP contribution in [0.3, 0.4) is 0 Å². The van der Waals surface area contributed by atoms with Crippen LogP contribution in [-0.4, -0.2) is 41.4 Å². The second-order valence-electron chi connectivity index (χ2n) is 5.71. The molecule has 2 aromatic carbocycles. The number of aromatic nitrogens is 3. The minimum atomic E-state index is 0.394. The number of H-pyrrole nitrogens is 1. The van der Waals surface area contributed by atoms with Crippen molar-refractivity contribution >= 4 is 18.4 Å². The topological polar surface area (TPSA) is 73.7 Å². The van der Waals surface area contributed by atoms with Crippen molar-refractivity contribution in [3.63, 3.8) is 0 Å². The molecule has 1 N–H and O–H groups in total. The average Bonchev–Trinajstić information content (AvgIpc) is 3.08. The van der Waals surface area contributed by atoms with Gasteiger partial charge in [0.2, 0.25) is 4.77 Å². The summed E-state index contributed by atoms with van der Waals surface area (Å²) < 4.78 is 18.5. The van der Waals surface area contributed by atoms with Crippen LogP contribution in [0, 0.1) is 4.77 Å². The summed E-state index contributed by atoms with van der Waals surface area (Å²) in [5, 5.41) is 11.6. The summed E-state index contributed by atoms with van der Waals surface area (Å²) in [5.41, 5.74) is 1.69. The van der Waals surface area contributed by atoms with E-state index in [-0.39, 0.29) is 0 Å². The maximum atomic E-state index is 5.56. The number of ether oxygens (including phenoxy) is 3. The number of methoxy groups -OCH3 is 1. The van der Waals surface area contributed by atoms with Crippen LogP contribution in [0.25, 0.3) is 11.4 Å². The van der Waals surface area contributed by atoms with Gasteiger partial charge in [-0.2, -0.15) is 14.9 Å². The van der Waals surface area contributed by atoms with Gasteiger partial charge in [0.1, 0.15) is 5.75 Å². The monoisotopic (exact) mass is 398 g/mol. The van der Waals surface area contributed by atoms with E-state index in [9.17, 15) is 0 Å². The molecule has 146 valence electrons. The summed E-state index contributed by atoms with van der Waals surface area (Å²) in [5.74, 6) is 2.70. The van der Waals surface area contributed by atoms with Crippen molar-refractivity contribution in [1.29, 1.82) is 0 Å². The van der Waals surface area contributed by atoms with Crippen LogP contribution < -0.4 is 14.2 Å². The Hall–Kier alpha value is -3.13. The van der Waals surface area contributed by atoms with Crippen molar-refractivity contribution in [2.45, 2.75) is 13.8 Å². The number of benzene rings is 2. The summed E-state index contributed by atoms with van der Waals surface area (Å²) in [4.78, 5) is 0. The Morgan fingerprint density at radius 2 is 1.93 bits per heavy atom. The molecule has 0 aliphatic rings. The van der Waals surface area contributed by atoms with Crippen molar-refractivity contribution in [3.05, 3.63) is 52.8 Å². The van der Waals surface area contributed by atoms with E-state index in [2.05, 4.69) is 15.3 Å². The first-order valence-corrected chi connectivity index (χ1v) is 9.33. The molecule has 1 aromatic heterocycles. The normalized spacial score (nSPS) is 11.0. The fraction of sp³-hybridized carbons (Fsp3) is 0.250. The third kappa shape index (κ3) is 4.40. The van der Waals surface area contributed by atoms with Gasteiger partial charge in [-0.15, -0.1) is 0 Å². The number of hydrogen-bond acceptors (Lipinski definition) is 6. The smallest absolute Gasteiger partial charge is 0.216 e. The highest BCUT2D eigenvalue weighted by atomic mass is 32.1. The van der Waals surface area contributed by atoms with E-state index in [1.54, 1.807) is 18.0 Å². The molecule has 7 nitrogen and oxygen atoms in total. The molecule has 3 rings (SSSR count). The molecular formula is C20H22N4O3S. The number of nitrogens with one attached hydrogen (secondary N) is 1. The molecule has 0 amide bonds. The molecule has 8 heteroatoms. The molecule has 28 heavy (non-hydrogen) atoms. The first-order valence-electron chi connectivity index (χ1n) is 8.92. The van der Waals surface area contributed by atoms with Crippen molar-refractivity contribution in [1.82, 2.24) is 14.9 Å². The molecule has 0 aliphatic carbocycles. The lowest BCUT2D eigenvalue weighted by Crippen LogP contribution is -1.98. The average molecular weight is 398 g/mol. The van der Waals surface area contributed by atoms with Crippen molar-refractivity contribution in [2.75, 3.05) is 20.3 Å². The van der Waals surface area contributed by atoms with Gasteiger partial charge in [0.05, 0.1) is 26.5 Å². The predicted molar refractivity (Wildman–Crippen MR) is 111 cm³/mol. The molecule has 0 fully saturated rings. The predicted octanol–water partition coefficient (Wildman–Crippen LogP) is 4.30. The van der Waals surface area contributed by atoms with Gasteiger partial charge >= 0.3 is 0 Å². The van der Waals surface area contributed by atoms with Crippen molar-refractivity contribution in [2.24, 2.45) is 5.10 Å². The molecule has 0 atom stereocenters. The van der Waals surface area contributed by atoms with Gasteiger partial charge in [0.15, 0.2) is 17.3 Å². The van der Waals surface area contributed by atoms with Crippen molar-refractivity contribution < 1.29 is 14.2 Å². The maximum Gasteiger partial charge on any atom is 0.216 e.